The highest BCUT2D eigenvalue weighted by Gasteiger charge is 2.28. The van der Waals surface area contributed by atoms with E-state index < -0.39 is 12.1 Å². The number of nitro groups is 1. The van der Waals surface area contributed by atoms with Crippen molar-refractivity contribution >= 4 is 28.4 Å². The molecule has 1 unspecified atom stereocenters. The van der Waals surface area contributed by atoms with Crippen LogP contribution in [0.25, 0.3) is 10.9 Å². The molecule has 1 aliphatic heterocycles. The molecular formula is C29H30N4O5. The zero-order valence-electron chi connectivity index (χ0n) is 21.2. The summed E-state index contributed by atoms with van der Waals surface area (Å²) in [5, 5.41) is 15.8. The Morgan fingerprint density at radius 3 is 2.68 bits per heavy atom. The fourth-order valence-electron chi connectivity index (χ4n) is 4.85. The van der Waals surface area contributed by atoms with Crippen LogP contribution in [-0.2, 0) is 22.5 Å². The predicted octanol–water partition coefficient (Wildman–Crippen LogP) is 5.62. The van der Waals surface area contributed by atoms with Crippen molar-refractivity contribution in [1.29, 1.82) is 0 Å². The highest BCUT2D eigenvalue weighted by atomic mass is 16.6. The first-order valence-electron chi connectivity index (χ1n) is 12.6. The summed E-state index contributed by atoms with van der Waals surface area (Å²) < 4.78 is 10.8. The minimum atomic E-state index is -0.947. The Kier molecular flexibility index (Phi) is 7.55. The van der Waals surface area contributed by atoms with Gasteiger partial charge in [-0.15, -0.1) is 0 Å². The van der Waals surface area contributed by atoms with Crippen LogP contribution in [0, 0.1) is 17.0 Å². The minimum absolute atomic E-state index is 0.155. The standard InChI is InChI=1S/C29H30N4O5/c1-20-22(8-5-9-26(20)31-29(34)38-19-21-6-3-2-4-7-21)16-28(33(35)36)25-18-30-27-17-23(10-11-24(25)27)32-12-14-37-15-13-32/h2-11,17-18,28,30H,12-16,19H2,1H3,(H,31,34). The summed E-state index contributed by atoms with van der Waals surface area (Å²) >= 11 is 0. The Morgan fingerprint density at radius 1 is 1.13 bits per heavy atom. The van der Waals surface area contributed by atoms with Gasteiger partial charge < -0.3 is 19.4 Å². The van der Waals surface area contributed by atoms with E-state index in [1.54, 1.807) is 18.3 Å². The van der Waals surface area contributed by atoms with Gasteiger partial charge in [-0.25, -0.2) is 4.79 Å². The zero-order chi connectivity index (χ0) is 26.5. The molecule has 9 nitrogen and oxygen atoms in total. The first kappa shape index (κ1) is 25.3. The molecule has 3 aromatic carbocycles. The normalized spacial score (nSPS) is 14.3. The maximum Gasteiger partial charge on any atom is 0.411 e. The number of morpholine rings is 1. The van der Waals surface area contributed by atoms with E-state index in [1.807, 2.05) is 61.5 Å². The van der Waals surface area contributed by atoms with Crippen LogP contribution >= 0.6 is 0 Å². The molecule has 0 saturated carbocycles. The fraction of sp³-hybridized carbons (Fsp3) is 0.276. The van der Waals surface area contributed by atoms with E-state index in [2.05, 4.69) is 15.2 Å². The molecule has 0 bridgehead atoms. The molecule has 0 spiro atoms. The van der Waals surface area contributed by atoms with Crippen LogP contribution in [0.3, 0.4) is 0 Å². The Balaban J connectivity index is 1.32. The molecule has 196 valence electrons. The van der Waals surface area contributed by atoms with Crippen molar-refractivity contribution in [2.45, 2.75) is 26.0 Å². The SMILES string of the molecule is Cc1c(CC(c2c[nH]c3cc(N4CCOCC4)ccc23)[N+](=O)[O-])cccc1NC(=O)OCc1ccccc1. The Hall–Kier alpha value is -4.37. The summed E-state index contributed by atoms with van der Waals surface area (Å²) in [6.07, 6.45) is 1.35. The smallest absolute Gasteiger partial charge is 0.411 e. The van der Waals surface area contributed by atoms with E-state index in [0.717, 1.165) is 46.4 Å². The van der Waals surface area contributed by atoms with Crippen LogP contribution < -0.4 is 10.2 Å². The molecule has 1 aromatic heterocycles. The maximum absolute atomic E-state index is 12.4. The molecule has 2 heterocycles. The van der Waals surface area contributed by atoms with Gasteiger partial charge in [-0.3, -0.25) is 15.4 Å². The van der Waals surface area contributed by atoms with Gasteiger partial charge >= 0.3 is 6.09 Å². The number of carbonyl (C=O) groups excluding carboxylic acids is 1. The molecule has 38 heavy (non-hydrogen) atoms. The van der Waals surface area contributed by atoms with Crippen molar-refractivity contribution in [2.24, 2.45) is 0 Å². The number of rotatable bonds is 8. The summed E-state index contributed by atoms with van der Waals surface area (Å²) in [5.41, 5.74) is 5.58. The van der Waals surface area contributed by atoms with Gasteiger partial charge in [0.05, 0.1) is 18.8 Å². The lowest BCUT2D eigenvalue weighted by Crippen LogP contribution is -2.36. The number of fused-ring (bicyclic) bond motifs is 1. The zero-order valence-corrected chi connectivity index (χ0v) is 21.2. The summed E-state index contributed by atoms with van der Waals surface area (Å²) in [4.78, 5) is 29.9. The second-order valence-corrected chi connectivity index (χ2v) is 9.36. The Morgan fingerprint density at radius 2 is 1.92 bits per heavy atom. The summed E-state index contributed by atoms with van der Waals surface area (Å²) in [5.74, 6) is 0. The van der Waals surface area contributed by atoms with Gasteiger partial charge in [0, 0.05) is 52.9 Å². The van der Waals surface area contributed by atoms with Crippen molar-refractivity contribution in [2.75, 3.05) is 36.5 Å². The number of carbonyl (C=O) groups is 1. The summed E-state index contributed by atoms with van der Waals surface area (Å²) in [7, 11) is 0. The van der Waals surface area contributed by atoms with Crippen molar-refractivity contribution in [1.82, 2.24) is 4.98 Å². The topological polar surface area (TPSA) is 110 Å². The first-order valence-corrected chi connectivity index (χ1v) is 12.6. The quantitative estimate of drug-likeness (QED) is 0.233. The number of hydrogen-bond donors (Lipinski definition) is 2. The third-order valence-corrected chi connectivity index (χ3v) is 7.00. The largest absolute Gasteiger partial charge is 0.444 e. The number of amides is 1. The second-order valence-electron chi connectivity index (χ2n) is 9.36. The molecule has 9 heteroatoms. The van der Waals surface area contributed by atoms with Gasteiger partial charge in [-0.05, 0) is 41.8 Å². The lowest BCUT2D eigenvalue weighted by molar-refractivity contribution is -0.528. The first-order chi connectivity index (χ1) is 18.5. The number of hydrogen-bond acceptors (Lipinski definition) is 6. The maximum atomic E-state index is 12.4. The van der Waals surface area contributed by atoms with Crippen molar-refractivity contribution in [3.05, 3.63) is 105 Å². The Labute approximate surface area is 220 Å². The molecule has 2 N–H and O–H groups in total. The molecule has 4 aromatic rings. The van der Waals surface area contributed by atoms with Crippen LogP contribution in [0.2, 0.25) is 0 Å². The third-order valence-electron chi connectivity index (χ3n) is 7.00. The average molecular weight is 515 g/mol. The predicted molar refractivity (Wildman–Crippen MR) is 146 cm³/mol. The molecule has 1 amide bonds. The molecule has 1 atom stereocenters. The van der Waals surface area contributed by atoms with E-state index in [-0.39, 0.29) is 18.0 Å². The molecule has 0 radical (unpaired) electrons. The van der Waals surface area contributed by atoms with Crippen LogP contribution in [-0.4, -0.2) is 42.3 Å². The molecule has 1 saturated heterocycles. The van der Waals surface area contributed by atoms with Gasteiger partial charge in [-0.2, -0.15) is 0 Å². The van der Waals surface area contributed by atoms with E-state index in [4.69, 9.17) is 9.47 Å². The van der Waals surface area contributed by atoms with Crippen LogP contribution in [0.5, 0.6) is 0 Å². The Bertz CT molecular complexity index is 1430. The lowest BCUT2D eigenvalue weighted by atomic mass is 9.95. The van der Waals surface area contributed by atoms with Gasteiger partial charge in [-0.1, -0.05) is 48.5 Å². The van der Waals surface area contributed by atoms with Gasteiger partial charge in [0.25, 0.3) is 0 Å². The third kappa shape index (κ3) is 5.63. The average Bonchev–Trinajstić information content (AvgIpc) is 3.36. The van der Waals surface area contributed by atoms with Crippen molar-refractivity contribution in [3.8, 4) is 0 Å². The molecule has 0 aliphatic carbocycles. The van der Waals surface area contributed by atoms with E-state index >= 15 is 0 Å². The van der Waals surface area contributed by atoms with Gasteiger partial charge in [0.2, 0.25) is 6.04 Å². The monoisotopic (exact) mass is 514 g/mol. The van der Waals surface area contributed by atoms with Crippen LogP contribution in [0.15, 0.2) is 72.9 Å². The lowest BCUT2D eigenvalue weighted by Gasteiger charge is -2.28. The number of nitrogens with one attached hydrogen (secondary N) is 2. The van der Waals surface area contributed by atoms with Crippen molar-refractivity contribution < 1.29 is 19.2 Å². The summed E-state index contributed by atoms with van der Waals surface area (Å²) in [6, 6.07) is 19.9. The minimum Gasteiger partial charge on any atom is -0.444 e. The van der Waals surface area contributed by atoms with Gasteiger partial charge in [0.15, 0.2) is 0 Å². The number of benzene rings is 3. The number of anilines is 2. The fourth-order valence-corrected chi connectivity index (χ4v) is 4.85. The second kappa shape index (κ2) is 11.4. The molecule has 1 fully saturated rings. The van der Waals surface area contributed by atoms with E-state index in [0.29, 0.717) is 24.5 Å². The number of aromatic amines is 1. The van der Waals surface area contributed by atoms with E-state index in [9.17, 15) is 14.9 Å². The number of ether oxygens (including phenoxy) is 2. The van der Waals surface area contributed by atoms with Crippen molar-refractivity contribution in [3.63, 3.8) is 0 Å². The van der Waals surface area contributed by atoms with Crippen LogP contribution in [0.1, 0.15) is 28.3 Å². The summed E-state index contributed by atoms with van der Waals surface area (Å²) in [6.45, 7) is 5.02. The highest BCUT2D eigenvalue weighted by molar-refractivity contribution is 5.87. The molecule has 1 aliphatic rings. The number of nitrogens with zero attached hydrogens (tertiary/aromatic N) is 2. The van der Waals surface area contributed by atoms with E-state index in [1.165, 1.54) is 0 Å². The number of aromatic nitrogens is 1. The molecular weight excluding hydrogens is 484 g/mol. The van der Waals surface area contributed by atoms with Crippen LogP contribution in [0.4, 0.5) is 16.2 Å². The highest BCUT2D eigenvalue weighted by Crippen LogP contribution is 2.33. The number of H-pyrrole nitrogens is 1. The van der Waals surface area contributed by atoms with Gasteiger partial charge in [0.1, 0.15) is 6.61 Å². The molecule has 5 rings (SSSR count).